The van der Waals surface area contributed by atoms with Gasteiger partial charge in [0.15, 0.2) is 11.5 Å². The second-order valence-electron chi connectivity index (χ2n) is 5.04. The summed E-state index contributed by atoms with van der Waals surface area (Å²) in [6.07, 6.45) is 0. The quantitative estimate of drug-likeness (QED) is 0.738. The molecule has 2 aromatic carbocycles. The van der Waals surface area contributed by atoms with Crippen LogP contribution in [0.15, 0.2) is 52.1 Å². The summed E-state index contributed by atoms with van der Waals surface area (Å²) in [5, 5.41) is 0.476. The first-order chi connectivity index (χ1) is 11.1. The van der Waals surface area contributed by atoms with E-state index >= 15 is 0 Å². The summed E-state index contributed by atoms with van der Waals surface area (Å²) in [5.74, 6) is 0.981. The van der Waals surface area contributed by atoms with E-state index in [-0.39, 0.29) is 5.56 Å². The molecule has 3 aromatic rings. The van der Waals surface area contributed by atoms with Gasteiger partial charge in [0.1, 0.15) is 0 Å². The average molecular weight is 312 g/mol. The van der Waals surface area contributed by atoms with Gasteiger partial charge in [-0.1, -0.05) is 12.1 Å². The van der Waals surface area contributed by atoms with Gasteiger partial charge < -0.3 is 9.47 Å². The summed E-state index contributed by atoms with van der Waals surface area (Å²) in [6, 6.07) is 11.9. The number of hydrogen-bond donors (Lipinski definition) is 0. The lowest BCUT2D eigenvalue weighted by Gasteiger charge is -2.13. The van der Waals surface area contributed by atoms with Crippen LogP contribution in [-0.4, -0.2) is 23.4 Å². The summed E-state index contributed by atoms with van der Waals surface area (Å²) >= 11 is 0. The first-order valence-electron chi connectivity index (χ1n) is 7.01. The molecular formula is C17H16N2O4. The van der Waals surface area contributed by atoms with Crippen molar-refractivity contribution in [2.24, 2.45) is 7.05 Å². The van der Waals surface area contributed by atoms with Crippen LogP contribution in [0.25, 0.3) is 16.6 Å². The highest BCUT2D eigenvalue weighted by molar-refractivity contribution is 5.78. The first kappa shape index (κ1) is 14.9. The van der Waals surface area contributed by atoms with Gasteiger partial charge in [-0.2, -0.15) is 0 Å². The van der Waals surface area contributed by atoms with E-state index in [9.17, 15) is 9.59 Å². The van der Waals surface area contributed by atoms with E-state index < -0.39 is 5.69 Å². The van der Waals surface area contributed by atoms with Crippen molar-refractivity contribution in [3.05, 3.63) is 63.3 Å². The van der Waals surface area contributed by atoms with E-state index in [1.54, 1.807) is 49.5 Å². The zero-order valence-electron chi connectivity index (χ0n) is 13.1. The number of methoxy groups -OCH3 is 2. The van der Waals surface area contributed by atoms with Crippen molar-refractivity contribution in [3.8, 4) is 17.2 Å². The van der Waals surface area contributed by atoms with Gasteiger partial charge in [-0.3, -0.25) is 9.36 Å². The Morgan fingerprint density at radius 1 is 0.913 bits per heavy atom. The zero-order valence-corrected chi connectivity index (χ0v) is 13.1. The molecule has 0 unspecified atom stereocenters. The molecule has 0 saturated carbocycles. The molecule has 0 saturated heterocycles. The summed E-state index contributed by atoms with van der Waals surface area (Å²) in [6.45, 7) is 0. The molecule has 1 heterocycles. The number of aryl methyl sites for hydroxylation is 1. The smallest absolute Gasteiger partial charge is 0.335 e. The number of ether oxygens (including phenoxy) is 2. The molecule has 0 aliphatic carbocycles. The molecule has 0 fully saturated rings. The maximum atomic E-state index is 12.7. The minimum absolute atomic E-state index is 0.365. The predicted octanol–water partition coefficient (Wildman–Crippen LogP) is 1.71. The Bertz CT molecular complexity index is 1000. The summed E-state index contributed by atoms with van der Waals surface area (Å²) in [4.78, 5) is 25.3. The van der Waals surface area contributed by atoms with Gasteiger partial charge in [0, 0.05) is 13.1 Å². The van der Waals surface area contributed by atoms with E-state index in [2.05, 4.69) is 0 Å². The van der Waals surface area contributed by atoms with Gasteiger partial charge in [-0.15, -0.1) is 0 Å². The minimum atomic E-state index is -0.416. The lowest BCUT2D eigenvalue weighted by Crippen LogP contribution is -2.37. The fraction of sp³-hybridized carbons (Fsp3) is 0.176. The number of fused-ring (bicyclic) bond motifs is 1. The van der Waals surface area contributed by atoms with E-state index in [1.807, 2.05) is 0 Å². The van der Waals surface area contributed by atoms with Gasteiger partial charge in [0.05, 0.1) is 30.8 Å². The highest BCUT2D eigenvalue weighted by Gasteiger charge is 2.14. The van der Waals surface area contributed by atoms with Crippen LogP contribution < -0.4 is 20.7 Å². The van der Waals surface area contributed by atoms with Crippen molar-refractivity contribution in [1.82, 2.24) is 9.13 Å². The summed E-state index contributed by atoms with van der Waals surface area (Å²) in [7, 11) is 4.67. The van der Waals surface area contributed by atoms with Crippen LogP contribution in [0, 0.1) is 0 Å². The van der Waals surface area contributed by atoms with Crippen LogP contribution in [0.4, 0.5) is 0 Å². The number of nitrogens with zero attached hydrogens (tertiary/aromatic N) is 2. The largest absolute Gasteiger partial charge is 0.493 e. The Morgan fingerprint density at radius 3 is 2.30 bits per heavy atom. The molecule has 0 N–H and O–H groups in total. The van der Waals surface area contributed by atoms with Crippen LogP contribution in [-0.2, 0) is 7.05 Å². The standard InChI is InChI=1S/C17H16N2O4/c1-18-13-7-5-4-6-12(13)16(20)19(17(18)21)11-8-9-14(22-2)15(10-11)23-3/h4-10H,1-3H3. The van der Waals surface area contributed by atoms with Gasteiger partial charge in [-0.25, -0.2) is 9.36 Å². The minimum Gasteiger partial charge on any atom is -0.493 e. The molecule has 0 aliphatic rings. The maximum absolute atomic E-state index is 12.7. The topological polar surface area (TPSA) is 62.5 Å². The van der Waals surface area contributed by atoms with Crippen LogP contribution in [0.5, 0.6) is 11.5 Å². The molecule has 6 heteroatoms. The number of rotatable bonds is 3. The van der Waals surface area contributed by atoms with Gasteiger partial charge in [0.2, 0.25) is 0 Å². The Hall–Kier alpha value is -3.02. The zero-order chi connectivity index (χ0) is 16.6. The molecule has 6 nitrogen and oxygen atoms in total. The van der Waals surface area contributed by atoms with Crippen LogP contribution in [0.2, 0.25) is 0 Å². The third-order valence-electron chi connectivity index (χ3n) is 3.80. The van der Waals surface area contributed by atoms with Crippen molar-refractivity contribution < 1.29 is 9.47 Å². The number of hydrogen-bond acceptors (Lipinski definition) is 4. The van der Waals surface area contributed by atoms with Gasteiger partial charge in [0.25, 0.3) is 5.56 Å². The Labute approximate surface area is 132 Å². The molecular weight excluding hydrogens is 296 g/mol. The molecule has 0 aliphatic heterocycles. The Kier molecular flexibility index (Phi) is 3.65. The third-order valence-corrected chi connectivity index (χ3v) is 3.80. The maximum Gasteiger partial charge on any atom is 0.335 e. The highest BCUT2D eigenvalue weighted by atomic mass is 16.5. The highest BCUT2D eigenvalue weighted by Crippen LogP contribution is 2.28. The molecule has 0 amide bonds. The fourth-order valence-corrected chi connectivity index (χ4v) is 2.60. The number of aromatic nitrogens is 2. The molecule has 3 rings (SSSR count). The lowest BCUT2D eigenvalue weighted by molar-refractivity contribution is 0.355. The van der Waals surface area contributed by atoms with Crippen LogP contribution >= 0.6 is 0 Å². The molecule has 0 radical (unpaired) electrons. The van der Waals surface area contributed by atoms with Crippen molar-refractivity contribution in [1.29, 1.82) is 0 Å². The lowest BCUT2D eigenvalue weighted by atomic mass is 10.2. The van der Waals surface area contributed by atoms with E-state index in [1.165, 1.54) is 18.8 Å². The molecule has 23 heavy (non-hydrogen) atoms. The molecule has 0 bridgehead atoms. The van der Waals surface area contributed by atoms with Crippen molar-refractivity contribution >= 4 is 10.9 Å². The average Bonchev–Trinajstić information content (AvgIpc) is 2.59. The monoisotopic (exact) mass is 312 g/mol. The molecule has 0 spiro atoms. The Balaban J connectivity index is 2.37. The third kappa shape index (κ3) is 2.28. The van der Waals surface area contributed by atoms with E-state index in [0.29, 0.717) is 28.1 Å². The normalized spacial score (nSPS) is 10.7. The van der Waals surface area contributed by atoms with E-state index in [0.717, 1.165) is 4.57 Å². The molecule has 1 aromatic heterocycles. The molecule has 0 atom stereocenters. The van der Waals surface area contributed by atoms with Crippen LogP contribution in [0.3, 0.4) is 0 Å². The number of para-hydroxylation sites is 1. The second-order valence-corrected chi connectivity index (χ2v) is 5.04. The van der Waals surface area contributed by atoms with Gasteiger partial charge in [-0.05, 0) is 24.3 Å². The fourth-order valence-electron chi connectivity index (χ4n) is 2.60. The summed E-state index contributed by atoms with van der Waals surface area (Å²) in [5.41, 5.74) is 0.245. The predicted molar refractivity (Wildman–Crippen MR) is 87.9 cm³/mol. The number of benzene rings is 2. The van der Waals surface area contributed by atoms with E-state index in [4.69, 9.17) is 9.47 Å². The summed E-state index contributed by atoms with van der Waals surface area (Å²) < 4.78 is 13.0. The SMILES string of the molecule is COc1ccc(-n2c(=O)c3ccccc3n(C)c2=O)cc1OC. The molecule has 118 valence electrons. The second kappa shape index (κ2) is 5.64. The Morgan fingerprint density at radius 2 is 1.61 bits per heavy atom. The van der Waals surface area contributed by atoms with Crippen molar-refractivity contribution in [3.63, 3.8) is 0 Å². The van der Waals surface area contributed by atoms with Crippen molar-refractivity contribution in [2.75, 3.05) is 14.2 Å². The first-order valence-corrected chi connectivity index (χ1v) is 7.01. The van der Waals surface area contributed by atoms with Crippen LogP contribution in [0.1, 0.15) is 0 Å². The van der Waals surface area contributed by atoms with Gasteiger partial charge >= 0.3 is 5.69 Å². The van der Waals surface area contributed by atoms with Crippen molar-refractivity contribution in [2.45, 2.75) is 0 Å².